The number of carboxylic acids is 1. The van der Waals surface area contributed by atoms with Crippen molar-refractivity contribution in [2.75, 3.05) is 5.32 Å². The van der Waals surface area contributed by atoms with Gasteiger partial charge >= 0.3 is 5.97 Å². The topological polar surface area (TPSA) is 92.4 Å². The number of amides is 1. The predicted molar refractivity (Wildman–Crippen MR) is 76.8 cm³/mol. The summed E-state index contributed by atoms with van der Waals surface area (Å²) >= 11 is 0. The third-order valence-corrected chi connectivity index (χ3v) is 3.92. The van der Waals surface area contributed by atoms with Crippen molar-refractivity contribution in [1.82, 2.24) is 0 Å². The fourth-order valence-corrected chi connectivity index (χ4v) is 2.60. The first-order valence-electron chi connectivity index (χ1n) is 6.87. The minimum absolute atomic E-state index is 0.192. The predicted octanol–water partition coefficient (Wildman–Crippen LogP) is 2.29. The molecule has 1 aliphatic carbocycles. The van der Waals surface area contributed by atoms with Crippen molar-refractivity contribution in [2.45, 2.75) is 44.6 Å². The highest BCUT2D eigenvalue weighted by molar-refractivity contribution is 5.99. The lowest BCUT2D eigenvalue weighted by Crippen LogP contribution is -2.52. The Balaban J connectivity index is 2.15. The van der Waals surface area contributed by atoms with Gasteiger partial charge in [0.25, 0.3) is 0 Å². The largest absolute Gasteiger partial charge is 0.478 e. The van der Waals surface area contributed by atoms with Crippen molar-refractivity contribution >= 4 is 17.6 Å². The molecule has 1 aromatic rings. The van der Waals surface area contributed by atoms with Crippen molar-refractivity contribution in [3.05, 3.63) is 29.3 Å². The van der Waals surface area contributed by atoms with Crippen molar-refractivity contribution < 1.29 is 14.7 Å². The van der Waals surface area contributed by atoms with Crippen LogP contribution >= 0.6 is 0 Å². The molecule has 0 bridgehead atoms. The van der Waals surface area contributed by atoms with Crippen LogP contribution in [0.5, 0.6) is 0 Å². The molecule has 4 N–H and O–H groups in total. The molecule has 0 aliphatic heterocycles. The number of carbonyl (C=O) groups is 2. The van der Waals surface area contributed by atoms with Gasteiger partial charge in [0, 0.05) is 5.69 Å². The van der Waals surface area contributed by atoms with Crippen molar-refractivity contribution in [3.8, 4) is 0 Å². The number of carbonyl (C=O) groups excluding carboxylic acids is 1. The highest BCUT2D eigenvalue weighted by atomic mass is 16.4. The lowest BCUT2D eigenvalue weighted by atomic mass is 9.82. The number of anilines is 1. The van der Waals surface area contributed by atoms with Crippen LogP contribution in [0.4, 0.5) is 5.69 Å². The summed E-state index contributed by atoms with van der Waals surface area (Å²) in [5, 5.41) is 11.8. The van der Waals surface area contributed by atoms with Crippen LogP contribution in [0.15, 0.2) is 18.2 Å². The molecular formula is C15H20N2O3. The van der Waals surface area contributed by atoms with E-state index in [1.807, 2.05) is 0 Å². The van der Waals surface area contributed by atoms with E-state index < -0.39 is 11.5 Å². The first-order chi connectivity index (χ1) is 9.42. The minimum atomic E-state index is -1.00. The number of hydrogen-bond acceptors (Lipinski definition) is 3. The van der Waals surface area contributed by atoms with E-state index in [1.54, 1.807) is 19.1 Å². The van der Waals surface area contributed by atoms with Gasteiger partial charge in [0.15, 0.2) is 0 Å². The molecule has 1 amide bonds. The Bertz CT molecular complexity index is 534. The van der Waals surface area contributed by atoms with Crippen molar-refractivity contribution in [2.24, 2.45) is 5.73 Å². The number of nitrogens with two attached hydrogens (primary N) is 1. The maximum atomic E-state index is 12.3. The van der Waals surface area contributed by atoms with Gasteiger partial charge in [-0.25, -0.2) is 4.79 Å². The van der Waals surface area contributed by atoms with Gasteiger partial charge in [0.1, 0.15) is 0 Å². The zero-order valence-electron chi connectivity index (χ0n) is 11.6. The molecule has 5 nitrogen and oxygen atoms in total. The molecule has 20 heavy (non-hydrogen) atoms. The van der Waals surface area contributed by atoms with Crippen molar-refractivity contribution in [3.63, 3.8) is 0 Å². The van der Waals surface area contributed by atoms with E-state index in [-0.39, 0.29) is 11.5 Å². The highest BCUT2D eigenvalue weighted by Crippen LogP contribution is 2.27. The van der Waals surface area contributed by atoms with E-state index in [0.29, 0.717) is 24.1 Å². The molecule has 1 aliphatic rings. The number of nitrogens with one attached hydrogen (secondary N) is 1. The lowest BCUT2D eigenvalue weighted by Gasteiger charge is -2.31. The average molecular weight is 276 g/mol. The van der Waals surface area contributed by atoms with Gasteiger partial charge in [-0.2, -0.15) is 0 Å². The normalized spacial score (nSPS) is 17.5. The van der Waals surface area contributed by atoms with Gasteiger partial charge in [-0.15, -0.1) is 0 Å². The SMILES string of the molecule is Cc1ccc(NC(=O)C2(N)CCCCC2)cc1C(=O)O. The second-order valence-corrected chi connectivity index (χ2v) is 5.51. The minimum Gasteiger partial charge on any atom is -0.478 e. The van der Waals surface area contributed by atoms with Crippen LogP contribution in [0.3, 0.4) is 0 Å². The first-order valence-corrected chi connectivity index (χ1v) is 6.87. The van der Waals surface area contributed by atoms with Crippen LogP contribution in [0.2, 0.25) is 0 Å². The van der Waals surface area contributed by atoms with Gasteiger partial charge in [0.2, 0.25) is 5.91 Å². The third-order valence-electron chi connectivity index (χ3n) is 3.92. The van der Waals surface area contributed by atoms with Crippen LogP contribution in [0, 0.1) is 6.92 Å². The van der Waals surface area contributed by atoms with E-state index in [1.165, 1.54) is 6.07 Å². The number of benzene rings is 1. The summed E-state index contributed by atoms with van der Waals surface area (Å²) in [5.41, 5.74) is 6.66. The number of carboxylic acid groups (broad SMARTS) is 1. The van der Waals surface area contributed by atoms with E-state index in [2.05, 4.69) is 5.32 Å². The molecule has 1 aromatic carbocycles. The van der Waals surface area contributed by atoms with Gasteiger partial charge in [0.05, 0.1) is 11.1 Å². The molecule has 0 atom stereocenters. The van der Waals surface area contributed by atoms with Crippen LogP contribution in [-0.2, 0) is 4.79 Å². The summed E-state index contributed by atoms with van der Waals surface area (Å²) < 4.78 is 0. The van der Waals surface area contributed by atoms with Crippen molar-refractivity contribution in [1.29, 1.82) is 0 Å². The molecule has 0 radical (unpaired) electrons. The van der Waals surface area contributed by atoms with E-state index >= 15 is 0 Å². The molecule has 0 saturated heterocycles. The Morgan fingerprint density at radius 1 is 1.25 bits per heavy atom. The van der Waals surface area contributed by atoms with Crippen LogP contribution in [-0.4, -0.2) is 22.5 Å². The van der Waals surface area contributed by atoms with E-state index in [9.17, 15) is 9.59 Å². The average Bonchev–Trinajstić information content (AvgIpc) is 2.41. The maximum Gasteiger partial charge on any atom is 0.336 e. The Morgan fingerprint density at radius 2 is 1.90 bits per heavy atom. The molecular weight excluding hydrogens is 256 g/mol. The number of rotatable bonds is 3. The zero-order chi connectivity index (χ0) is 14.8. The highest BCUT2D eigenvalue weighted by Gasteiger charge is 2.35. The molecule has 1 fully saturated rings. The van der Waals surface area contributed by atoms with E-state index in [4.69, 9.17) is 10.8 Å². The molecule has 0 aromatic heterocycles. The van der Waals surface area contributed by atoms with E-state index in [0.717, 1.165) is 19.3 Å². The molecule has 5 heteroatoms. The summed E-state index contributed by atoms with van der Waals surface area (Å²) in [5.74, 6) is -1.23. The summed E-state index contributed by atoms with van der Waals surface area (Å²) in [6.45, 7) is 1.72. The number of aromatic carboxylic acids is 1. The molecule has 108 valence electrons. The maximum absolute atomic E-state index is 12.3. The van der Waals surface area contributed by atoms with Crippen LogP contribution in [0.25, 0.3) is 0 Å². The monoisotopic (exact) mass is 276 g/mol. The summed E-state index contributed by atoms with van der Waals surface area (Å²) in [7, 11) is 0. The fraction of sp³-hybridized carbons (Fsp3) is 0.467. The lowest BCUT2D eigenvalue weighted by molar-refractivity contribution is -0.122. The molecule has 0 heterocycles. The molecule has 2 rings (SSSR count). The summed E-state index contributed by atoms with van der Waals surface area (Å²) in [6.07, 6.45) is 4.38. The number of aryl methyl sites for hydroxylation is 1. The fourth-order valence-electron chi connectivity index (χ4n) is 2.60. The Labute approximate surface area is 118 Å². The van der Waals surface area contributed by atoms with Crippen LogP contribution in [0.1, 0.15) is 48.0 Å². The third kappa shape index (κ3) is 2.99. The first kappa shape index (κ1) is 14.5. The van der Waals surface area contributed by atoms with Gasteiger partial charge in [-0.1, -0.05) is 25.3 Å². The van der Waals surface area contributed by atoms with Gasteiger partial charge in [-0.3, -0.25) is 4.79 Å². The van der Waals surface area contributed by atoms with Gasteiger partial charge in [-0.05, 0) is 37.5 Å². The Hall–Kier alpha value is -1.88. The van der Waals surface area contributed by atoms with Crippen LogP contribution < -0.4 is 11.1 Å². The smallest absolute Gasteiger partial charge is 0.336 e. The second-order valence-electron chi connectivity index (χ2n) is 5.51. The second kappa shape index (κ2) is 5.63. The van der Waals surface area contributed by atoms with Gasteiger partial charge < -0.3 is 16.2 Å². The summed E-state index contributed by atoms with van der Waals surface area (Å²) in [4.78, 5) is 23.4. The molecule has 0 spiro atoms. The number of hydrogen-bond donors (Lipinski definition) is 3. The standard InChI is InChI=1S/C15H20N2O3/c1-10-5-6-11(9-12(10)13(18)19)17-14(20)15(16)7-3-2-4-8-15/h5-6,9H,2-4,7-8,16H2,1H3,(H,17,20)(H,18,19). The Kier molecular flexibility index (Phi) is 4.09. The Morgan fingerprint density at radius 3 is 2.50 bits per heavy atom. The molecule has 1 saturated carbocycles. The molecule has 0 unspecified atom stereocenters. The zero-order valence-corrected chi connectivity index (χ0v) is 11.6. The summed E-state index contributed by atoms with van der Waals surface area (Å²) in [6, 6.07) is 4.86. The quantitative estimate of drug-likeness (QED) is 0.789.